The van der Waals surface area contributed by atoms with E-state index in [0.717, 1.165) is 39.1 Å². The fourth-order valence-corrected chi connectivity index (χ4v) is 3.88. The molecule has 0 saturated heterocycles. The van der Waals surface area contributed by atoms with Crippen LogP contribution in [0, 0.1) is 13.8 Å². The molecule has 0 unspecified atom stereocenters. The fraction of sp³-hybridized carbons (Fsp3) is 0.333. The second-order valence-corrected chi connectivity index (χ2v) is 8.01. The topological polar surface area (TPSA) is 49.7 Å². The Hall–Kier alpha value is -2.62. The highest BCUT2D eigenvalue weighted by atomic mass is 16.5. The minimum absolute atomic E-state index is 0.0307. The van der Waals surface area contributed by atoms with Crippen molar-refractivity contribution in [2.75, 3.05) is 0 Å². The zero-order chi connectivity index (χ0) is 21.7. The van der Waals surface area contributed by atoms with Crippen LogP contribution in [0.3, 0.4) is 0 Å². The van der Waals surface area contributed by atoms with Gasteiger partial charge in [0.05, 0.1) is 12.2 Å². The Labute approximate surface area is 180 Å². The summed E-state index contributed by atoms with van der Waals surface area (Å²) < 4.78 is 6.04. The highest BCUT2D eigenvalue weighted by Crippen LogP contribution is 2.35. The van der Waals surface area contributed by atoms with E-state index >= 15 is 0 Å². The minimum atomic E-state index is -0.771. The van der Waals surface area contributed by atoms with Crippen LogP contribution in [0.25, 0.3) is 11.1 Å². The van der Waals surface area contributed by atoms with Gasteiger partial charge in [-0.25, -0.2) is 0 Å². The lowest BCUT2D eigenvalue weighted by Gasteiger charge is -2.27. The number of hydrogen-bond donors (Lipinski definition) is 2. The number of aliphatic hydroxyl groups is 2. The van der Waals surface area contributed by atoms with Crippen molar-refractivity contribution < 1.29 is 14.9 Å². The van der Waals surface area contributed by atoms with Crippen molar-refractivity contribution in [3.05, 3.63) is 88.5 Å². The Morgan fingerprint density at radius 2 is 1.53 bits per heavy atom. The summed E-state index contributed by atoms with van der Waals surface area (Å²) >= 11 is 0. The molecular formula is C27H32O3. The standard InChI is InChI=1S/C27H32O3/c1-5-27(29,6-2)23-11-13-25(20(4)14-23)26-16-24(12-10-19(26)3)30-18-22-9-7-8-21(15-22)17-28/h7-16,28-29H,5-6,17-18H2,1-4H3. The molecule has 0 bridgehead atoms. The maximum atomic E-state index is 10.9. The predicted molar refractivity (Wildman–Crippen MR) is 123 cm³/mol. The van der Waals surface area contributed by atoms with Crippen LogP contribution in [0.4, 0.5) is 0 Å². The summed E-state index contributed by atoms with van der Waals surface area (Å²) in [6, 6.07) is 20.2. The van der Waals surface area contributed by atoms with Gasteiger partial charge in [0.25, 0.3) is 0 Å². The molecule has 0 spiro atoms. The van der Waals surface area contributed by atoms with E-state index in [-0.39, 0.29) is 6.61 Å². The predicted octanol–water partition coefficient (Wildman–Crippen LogP) is 6.05. The highest BCUT2D eigenvalue weighted by Gasteiger charge is 2.25. The molecule has 3 heteroatoms. The van der Waals surface area contributed by atoms with Crippen LogP contribution in [0.2, 0.25) is 0 Å². The second kappa shape index (κ2) is 9.46. The molecule has 0 aliphatic carbocycles. The van der Waals surface area contributed by atoms with E-state index in [1.165, 1.54) is 5.56 Å². The zero-order valence-electron chi connectivity index (χ0n) is 18.4. The van der Waals surface area contributed by atoms with Gasteiger partial charge in [-0.3, -0.25) is 0 Å². The second-order valence-electron chi connectivity index (χ2n) is 8.01. The number of hydrogen-bond acceptors (Lipinski definition) is 3. The Morgan fingerprint density at radius 3 is 2.20 bits per heavy atom. The van der Waals surface area contributed by atoms with Gasteiger partial charge in [-0.05, 0) is 77.8 Å². The lowest BCUT2D eigenvalue weighted by atomic mass is 9.85. The molecule has 0 heterocycles. The average molecular weight is 405 g/mol. The van der Waals surface area contributed by atoms with Gasteiger partial charge in [0.1, 0.15) is 12.4 Å². The van der Waals surface area contributed by atoms with E-state index in [1.54, 1.807) is 0 Å². The summed E-state index contributed by atoms with van der Waals surface area (Å²) in [5.41, 5.74) is 6.73. The van der Waals surface area contributed by atoms with Crippen molar-refractivity contribution in [2.45, 2.75) is 59.4 Å². The maximum Gasteiger partial charge on any atom is 0.120 e. The molecule has 30 heavy (non-hydrogen) atoms. The summed E-state index contributed by atoms with van der Waals surface area (Å²) in [6.45, 7) is 8.72. The van der Waals surface area contributed by atoms with Crippen molar-refractivity contribution in [1.82, 2.24) is 0 Å². The molecule has 158 valence electrons. The first-order valence-corrected chi connectivity index (χ1v) is 10.7. The van der Waals surface area contributed by atoms with Crippen LogP contribution in [0.1, 0.15) is 54.5 Å². The third-order valence-electron chi connectivity index (χ3n) is 6.01. The van der Waals surface area contributed by atoms with Gasteiger partial charge in [0.2, 0.25) is 0 Å². The number of aryl methyl sites for hydroxylation is 2. The van der Waals surface area contributed by atoms with Gasteiger partial charge in [0.15, 0.2) is 0 Å². The third-order valence-corrected chi connectivity index (χ3v) is 6.01. The third kappa shape index (κ3) is 4.75. The number of benzene rings is 3. The Bertz CT molecular complexity index is 1000. The smallest absolute Gasteiger partial charge is 0.120 e. The average Bonchev–Trinajstić information content (AvgIpc) is 2.78. The summed E-state index contributed by atoms with van der Waals surface area (Å²) in [4.78, 5) is 0. The number of rotatable bonds is 8. The van der Waals surface area contributed by atoms with Gasteiger partial charge < -0.3 is 14.9 Å². The van der Waals surface area contributed by atoms with E-state index in [0.29, 0.717) is 19.4 Å². The molecule has 0 aliphatic rings. The molecule has 3 rings (SSSR count). The number of ether oxygens (including phenoxy) is 1. The molecule has 0 radical (unpaired) electrons. The lowest BCUT2D eigenvalue weighted by Crippen LogP contribution is -2.23. The first-order valence-electron chi connectivity index (χ1n) is 10.7. The first-order chi connectivity index (χ1) is 14.4. The van der Waals surface area contributed by atoms with Crippen LogP contribution >= 0.6 is 0 Å². The highest BCUT2D eigenvalue weighted by molar-refractivity contribution is 5.72. The quantitative estimate of drug-likeness (QED) is 0.480. The summed E-state index contributed by atoms with van der Waals surface area (Å²) in [6.07, 6.45) is 1.39. The van der Waals surface area contributed by atoms with Crippen LogP contribution < -0.4 is 4.74 Å². The van der Waals surface area contributed by atoms with Crippen molar-refractivity contribution in [2.24, 2.45) is 0 Å². The first kappa shape index (κ1) is 22.1. The van der Waals surface area contributed by atoms with Crippen molar-refractivity contribution >= 4 is 0 Å². The Kier molecular flexibility index (Phi) is 6.96. The Morgan fingerprint density at radius 1 is 0.800 bits per heavy atom. The SMILES string of the molecule is CCC(O)(CC)c1ccc(-c2cc(OCc3cccc(CO)c3)ccc2C)c(C)c1. The fourth-order valence-electron chi connectivity index (χ4n) is 3.88. The summed E-state index contributed by atoms with van der Waals surface area (Å²) in [7, 11) is 0. The van der Waals surface area contributed by atoms with Gasteiger partial charge in [0, 0.05) is 0 Å². The van der Waals surface area contributed by atoms with E-state index in [4.69, 9.17) is 4.74 Å². The maximum absolute atomic E-state index is 10.9. The zero-order valence-corrected chi connectivity index (χ0v) is 18.4. The molecule has 0 fully saturated rings. The molecule has 0 aliphatic heterocycles. The van der Waals surface area contributed by atoms with Crippen molar-refractivity contribution in [3.8, 4) is 16.9 Å². The molecule has 3 nitrogen and oxygen atoms in total. The molecule has 0 aromatic heterocycles. The monoisotopic (exact) mass is 404 g/mol. The van der Waals surface area contributed by atoms with Crippen molar-refractivity contribution in [1.29, 1.82) is 0 Å². The van der Waals surface area contributed by atoms with Crippen molar-refractivity contribution in [3.63, 3.8) is 0 Å². The van der Waals surface area contributed by atoms with Gasteiger partial charge in [-0.15, -0.1) is 0 Å². The van der Waals surface area contributed by atoms with Gasteiger partial charge >= 0.3 is 0 Å². The molecule has 3 aromatic carbocycles. The summed E-state index contributed by atoms with van der Waals surface area (Å²) in [5, 5.41) is 20.2. The van der Waals surface area contributed by atoms with E-state index in [1.807, 2.05) is 50.2 Å². The summed E-state index contributed by atoms with van der Waals surface area (Å²) in [5.74, 6) is 0.812. The largest absolute Gasteiger partial charge is 0.489 e. The van der Waals surface area contributed by atoms with Gasteiger partial charge in [-0.2, -0.15) is 0 Å². The Balaban J connectivity index is 1.86. The number of aliphatic hydroxyl groups excluding tert-OH is 1. The van der Waals surface area contributed by atoms with Crippen LogP contribution in [-0.4, -0.2) is 10.2 Å². The van der Waals surface area contributed by atoms with Crippen LogP contribution in [0.5, 0.6) is 5.75 Å². The molecular weight excluding hydrogens is 372 g/mol. The molecule has 0 amide bonds. The minimum Gasteiger partial charge on any atom is -0.489 e. The van der Waals surface area contributed by atoms with E-state index < -0.39 is 5.60 Å². The molecule has 0 saturated carbocycles. The molecule has 0 atom stereocenters. The van der Waals surface area contributed by atoms with E-state index in [9.17, 15) is 10.2 Å². The van der Waals surface area contributed by atoms with E-state index in [2.05, 4.69) is 38.1 Å². The van der Waals surface area contributed by atoms with Gasteiger partial charge in [-0.1, -0.05) is 62.4 Å². The normalized spacial score (nSPS) is 11.5. The van der Waals surface area contributed by atoms with Crippen LogP contribution in [-0.2, 0) is 18.8 Å². The molecule has 2 N–H and O–H groups in total. The lowest BCUT2D eigenvalue weighted by molar-refractivity contribution is 0.0283. The molecule has 3 aromatic rings. The van der Waals surface area contributed by atoms with Crippen LogP contribution in [0.15, 0.2) is 60.7 Å².